The zero-order valence-electron chi connectivity index (χ0n) is 24.8. The average Bonchev–Trinajstić information content (AvgIpc) is 3.03. The maximum absolute atomic E-state index is 6.65. The Hall–Kier alpha value is -3.10. The van der Waals surface area contributed by atoms with Crippen molar-refractivity contribution in [3.8, 4) is 0 Å². The molecule has 6 nitrogen and oxygen atoms in total. The Bertz CT molecular complexity index is 1190. The monoisotopic (exact) mass is 572 g/mol. The van der Waals surface area contributed by atoms with Crippen molar-refractivity contribution in [3.05, 3.63) is 132 Å². The van der Waals surface area contributed by atoms with E-state index in [2.05, 4.69) is 20.1 Å². The SMILES string of the molecule is C=C[C@H](OCC(=C)CC)O[C@@H]1[C@@H](OCc2ccccc2)[C@H](OCc2ccccc2)[C@@H](COCc2ccccc2)O[C@H]1C. The van der Waals surface area contributed by atoms with E-state index in [1.165, 1.54) is 0 Å². The first kappa shape index (κ1) is 31.8. The standard InChI is InChI=1S/C36H44O6/c1-5-27(3)22-38-33(6-2)42-34-28(4)41-32(26-37-23-29-16-10-7-11-17-29)35(39-24-30-18-12-8-13-19-30)36(34)40-25-31-20-14-9-15-21-31/h6-21,28,32-36H,2-3,5,22-26H2,1,4H3/t28-,32+,33+,34-,35+,36+/m0/s1. The van der Waals surface area contributed by atoms with Crippen molar-refractivity contribution in [1.82, 2.24) is 0 Å². The van der Waals surface area contributed by atoms with Crippen LogP contribution in [-0.2, 0) is 48.2 Å². The molecule has 3 aromatic rings. The lowest BCUT2D eigenvalue weighted by atomic mass is 9.94. The summed E-state index contributed by atoms with van der Waals surface area (Å²) in [6.07, 6.45) is -0.311. The molecule has 0 aliphatic carbocycles. The lowest BCUT2D eigenvalue weighted by Crippen LogP contribution is -2.61. The smallest absolute Gasteiger partial charge is 0.177 e. The van der Waals surface area contributed by atoms with Gasteiger partial charge in [0.05, 0.1) is 39.1 Å². The molecule has 0 amide bonds. The van der Waals surface area contributed by atoms with Gasteiger partial charge in [-0.3, -0.25) is 0 Å². The third-order valence-electron chi connectivity index (χ3n) is 7.27. The molecule has 0 aromatic heterocycles. The summed E-state index contributed by atoms with van der Waals surface area (Å²) in [5.41, 5.74) is 4.20. The third kappa shape index (κ3) is 9.73. The fourth-order valence-electron chi connectivity index (χ4n) is 4.83. The maximum atomic E-state index is 6.65. The van der Waals surface area contributed by atoms with Gasteiger partial charge in [0.2, 0.25) is 0 Å². The fourth-order valence-corrected chi connectivity index (χ4v) is 4.83. The highest BCUT2D eigenvalue weighted by molar-refractivity contribution is 5.15. The molecule has 0 bridgehead atoms. The Morgan fingerprint density at radius 1 is 0.786 bits per heavy atom. The fraction of sp³-hybridized carbons (Fsp3) is 0.389. The molecule has 1 aliphatic heterocycles. The van der Waals surface area contributed by atoms with Gasteiger partial charge in [-0.05, 0) is 36.1 Å². The number of hydrogen-bond donors (Lipinski definition) is 0. The minimum atomic E-state index is -0.659. The van der Waals surface area contributed by atoms with Gasteiger partial charge in [0.25, 0.3) is 0 Å². The molecule has 6 heteroatoms. The normalized spacial score (nSPS) is 22.9. The average molecular weight is 573 g/mol. The van der Waals surface area contributed by atoms with E-state index in [4.69, 9.17) is 28.4 Å². The van der Waals surface area contributed by atoms with Crippen molar-refractivity contribution in [2.24, 2.45) is 0 Å². The van der Waals surface area contributed by atoms with Gasteiger partial charge in [-0.1, -0.05) is 117 Å². The number of ether oxygens (including phenoxy) is 6. The van der Waals surface area contributed by atoms with Gasteiger partial charge in [-0.25, -0.2) is 0 Å². The number of hydrogen-bond acceptors (Lipinski definition) is 6. The Morgan fingerprint density at radius 2 is 1.31 bits per heavy atom. The summed E-state index contributed by atoms with van der Waals surface area (Å²) >= 11 is 0. The second-order valence-electron chi connectivity index (χ2n) is 10.5. The van der Waals surface area contributed by atoms with Gasteiger partial charge in [-0.15, -0.1) is 0 Å². The van der Waals surface area contributed by atoms with Crippen LogP contribution in [0, 0.1) is 0 Å². The van der Waals surface area contributed by atoms with Crippen molar-refractivity contribution < 1.29 is 28.4 Å². The molecular formula is C36H44O6. The Morgan fingerprint density at radius 3 is 1.83 bits per heavy atom. The zero-order valence-corrected chi connectivity index (χ0v) is 24.8. The molecule has 0 N–H and O–H groups in total. The van der Waals surface area contributed by atoms with Gasteiger partial charge in [-0.2, -0.15) is 0 Å². The zero-order chi connectivity index (χ0) is 29.6. The molecule has 0 saturated carbocycles. The molecule has 3 aromatic carbocycles. The summed E-state index contributed by atoms with van der Waals surface area (Å²) < 4.78 is 38.5. The van der Waals surface area contributed by atoms with E-state index in [-0.39, 0.29) is 12.2 Å². The molecule has 1 heterocycles. The van der Waals surface area contributed by atoms with Crippen LogP contribution < -0.4 is 0 Å². The van der Waals surface area contributed by atoms with Crippen LogP contribution in [0.15, 0.2) is 116 Å². The summed E-state index contributed by atoms with van der Waals surface area (Å²) in [6, 6.07) is 30.3. The van der Waals surface area contributed by atoms with Crippen molar-refractivity contribution in [2.75, 3.05) is 13.2 Å². The summed E-state index contributed by atoms with van der Waals surface area (Å²) in [4.78, 5) is 0. The van der Waals surface area contributed by atoms with Crippen LogP contribution in [0.2, 0.25) is 0 Å². The minimum absolute atomic E-state index is 0.326. The molecule has 0 spiro atoms. The molecule has 1 saturated heterocycles. The molecule has 224 valence electrons. The van der Waals surface area contributed by atoms with E-state index in [9.17, 15) is 0 Å². The van der Waals surface area contributed by atoms with Gasteiger partial charge in [0, 0.05) is 0 Å². The molecule has 42 heavy (non-hydrogen) atoms. The second kappa shape index (κ2) is 17.1. The second-order valence-corrected chi connectivity index (χ2v) is 10.5. The first-order valence-corrected chi connectivity index (χ1v) is 14.7. The summed E-state index contributed by atoms with van der Waals surface area (Å²) in [5, 5.41) is 0. The Kier molecular flexibility index (Phi) is 13.0. The van der Waals surface area contributed by atoms with E-state index < -0.39 is 24.6 Å². The highest BCUT2D eigenvalue weighted by Crippen LogP contribution is 2.31. The van der Waals surface area contributed by atoms with Gasteiger partial charge in [0.1, 0.15) is 24.4 Å². The van der Waals surface area contributed by atoms with Crippen LogP contribution >= 0.6 is 0 Å². The molecule has 4 rings (SSSR count). The minimum Gasteiger partial charge on any atom is -0.374 e. The van der Waals surface area contributed by atoms with Crippen LogP contribution in [0.4, 0.5) is 0 Å². The van der Waals surface area contributed by atoms with Crippen LogP contribution in [0.5, 0.6) is 0 Å². The molecule has 0 unspecified atom stereocenters. The first-order valence-electron chi connectivity index (χ1n) is 14.7. The maximum Gasteiger partial charge on any atom is 0.177 e. The predicted octanol–water partition coefficient (Wildman–Crippen LogP) is 7.04. The Balaban J connectivity index is 1.56. The van der Waals surface area contributed by atoms with Gasteiger partial charge < -0.3 is 28.4 Å². The van der Waals surface area contributed by atoms with Crippen molar-refractivity contribution in [3.63, 3.8) is 0 Å². The van der Waals surface area contributed by atoms with Gasteiger partial charge >= 0.3 is 0 Å². The summed E-state index contributed by atoms with van der Waals surface area (Å²) in [7, 11) is 0. The van der Waals surface area contributed by atoms with Gasteiger partial charge in [0.15, 0.2) is 6.29 Å². The van der Waals surface area contributed by atoms with Crippen LogP contribution in [0.1, 0.15) is 37.0 Å². The Labute approximate surface area is 250 Å². The third-order valence-corrected chi connectivity index (χ3v) is 7.27. The summed E-state index contributed by atoms with van der Waals surface area (Å²) in [5.74, 6) is 0. The molecule has 6 atom stereocenters. The van der Waals surface area contributed by atoms with Crippen molar-refractivity contribution in [2.45, 2.75) is 76.9 Å². The largest absolute Gasteiger partial charge is 0.374 e. The molecular weight excluding hydrogens is 528 g/mol. The van der Waals surface area contributed by atoms with E-state index in [0.29, 0.717) is 33.0 Å². The van der Waals surface area contributed by atoms with Crippen LogP contribution in [0.25, 0.3) is 0 Å². The molecule has 1 fully saturated rings. The highest BCUT2D eigenvalue weighted by atomic mass is 16.7. The van der Waals surface area contributed by atoms with E-state index >= 15 is 0 Å². The topological polar surface area (TPSA) is 55.4 Å². The highest BCUT2D eigenvalue weighted by Gasteiger charge is 2.47. The quantitative estimate of drug-likeness (QED) is 0.128. The van der Waals surface area contributed by atoms with E-state index in [1.807, 2.05) is 97.9 Å². The van der Waals surface area contributed by atoms with Crippen LogP contribution in [-0.4, -0.2) is 50.0 Å². The summed E-state index contributed by atoms with van der Waals surface area (Å²) in [6.45, 7) is 14.0. The molecule has 1 aliphatic rings. The lowest BCUT2D eigenvalue weighted by molar-refractivity contribution is -0.289. The van der Waals surface area contributed by atoms with E-state index in [1.54, 1.807) is 6.08 Å². The number of benzene rings is 3. The molecule has 0 radical (unpaired) electrons. The van der Waals surface area contributed by atoms with E-state index in [0.717, 1.165) is 28.7 Å². The lowest BCUT2D eigenvalue weighted by Gasteiger charge is -2.46. The van der Waals surface area contributed by atoms with Crippen LogP contribution in [0.3, 0.4) is 0 Å². The number of rotatable bonds is 17. The first-order chi connectivity index (χ1) is 20.6. The predicted molar refractivity (Wildman–Crippen MR) is 165 cm³/mol. The van der Waals surface area contributed by atoms with Crippen molar-refractivity contribution >= 4 is 0 Å². The van der Waals surface area contributed by atoms with Crippen molar-refractivity contribution in [1.29, 1.82) is 0 Å².